The summed E-state index contributed by atoms with van der Waals surface area (Å²) in [6.45, 7) is 0.718. The SMILES string of the molecule is OC(CNC1CC1)COc1c(Cl)cccc1Cl. The van der Waals surface area contributed by atoms with Gasteiger partial charge in [-0.3, -0.25) is 0 Å². The topological polar surface area (TPSA) is 41.5 Å². The molecule has 17 heavy (non-hydrogen) atoms. The number of aliphatic hydroxyl groups is 1. The Labute approximate surface area is 111 Å². The second kappa shape index (κ2) is 5.91. The van der Waals surface area contributed by atoms with Crippen molar-refractivity contribution in [1.29, 1.82) is 0 Å². The first kappa shape index (κ1) is 13.0. The van der Waals surface area contributed by atoms with Gasteiger partial charge in [-0.1, -0.05) is 29.3 Å². The van der Waals surface area contributed by atoms with Gasteiger partial charge < -0.3 is 15.2 Å². The Hall–Kier alpha value is -0.480. The van der Waals surface area contributed by atoms with E-state index in [1.54, 1.807) is 18.2 Å². The predicted molar refractivity (Wildman–Crippen MR) is 69.0 cm³/mol. The van der Waals surface area contributed by atoms with E-state index < -0.39 is 6.10 Å². The lowest BCUT2D eigenvalue weighted by Gasteiger charge is -2.14. The van der Waals surface area contributed by atoms with Crippen molar-refractivity contribution >= 4 is 23.2 Å². The van der Waals surface area contributed by atoms with Gasteiger partial charge in [0.05, 0.1) is 10.0 Å². The molecule has 0 radical (unpaired) electrons. The van der Waals surface area contributed by atoms with E-state index in [1.807, 2.05) is 0 Å². The molecule has 5 heteroatoms. The fourth-order valence-corrected chi connectivity index (χ4v) is 1.96. The zero-order chi connectivity index (χ0) is 12.3. The molecule has 3 nitrogen and oxygen atoms in total. The molecular formula is C12H15Cl2NO2. The van der Waals surface area contributed by atoms with E-state index in [0.717, 1.165) is 0 Å². The lowest BCUT2D eigenvalue weighted by molar-refractivity contribution is 0.106. The van der Waals surface area contributed by atoms with Gasteiger partial charge in [-0.15, -0.1) is 0 Å². The summed E-state index contributed by atoms with van der Waals surface area (Å²) in [5.41, 5.74) is 0. The van der Waals surface area contributed by atoms with Crippen LogP contribution in [0.3, 0.4) is 0 Å². The summed E-state index contributed by atoms with van der Waals surface area (Å²) in [4.78, 5) is 0. The van der Waals surface area contributed by atoms with Crippen LogP contribution in [0.2, 0.25) is 10.0 Å². The highest BCUT2D eigenvalue weighted by molar-refractivity contribution is 6.37. The Morgan fingerprint density at radius 1 is 1.35 bits per heavy atom. The number of rotatable bonds is 6. The van der Waals surface area contributed by atoms with Gasteiger partial charge in [0.2, 0.25) is 0 Å². The minimum atomic E-state index is -0.553. The highest BCUT2D eigenvalue weighted by Gasteiger charge is 2.21. The Balaban J connectivity index is 1.79. The number of halogens is 2. The third-order valence-electron chi connectivity index (χ3n) is 2.56. The van der Waals surface area contributed by atoms with Gasteiger partial charge >= 0.3 is 0 Å². The van der Waals surface area contributed by atoms with E-state index in [-0.39, 0.29) is 6.61 Å². The Bertz CT molecular complexity index is 363. The molecule has 1 aromatic carbocycles. The molecular weight excluding hydrogens is 261 g/mol. The van der Waals surface area contributed by atoms with E-state index in [2.05, 4.69) is 5.32 Å². The molecule has 0 aliphatic heterocycles. The summed E-state index contributed by atoms with van der Waals surface area (Å²) in [6, 6.07) is 5.74. The minimum Gasteiger partial charge on any atom is -0.488 e. The van der Waals surface area contributed by atoms with Gasteiger partial charge in [0.15, 0.2) is 5.75 Å². The van der Waals surface area contributed by atoms with E-state index in [4.69, 9.17) is 27.9 Å². The van der Waals surface area contributed by atoms with Crippen LogP contribution in [0.1, 0.15) is 12.8 Å². The molecule has 1 unspecified atom stereocenters. The summed E-state index contributed by atoms with van der Waals surface area (Å²) in [5, 5.41) is 13.8. The molecule has 1 aromatic rings. The first-order chi connectivity index (χ1) is 8.16. The normalized spacial score (nSPS) is 16.9. The largest absolute Gasteiger partial charge is 0.488 e. The van der Waals surface area contributed by atoms with Gasteiger partial charge in [0, 0.05) is 12.6 Å². The Morgan fingerprint density at radius 3 is 2.59 bits per heavy atom. The van der Waals surface area contributed by atoms with Crippen LogP contribution in [0.4, 0.5) is 0 Å². The molecule has 1 fully saturated rings. The first-order valence-corrected chi connectivity index (χ1v) is 6.40. The number of hydrogen-bond donors (Lipinski definition) is 2. The van der Waals surface area contributed by atoms with Gasteiger partial charge in [-0.2, -0.15) is 0 Å². The van der Waals surface area contributed by atoms with Crippen LogP contribution in [-0.4, -0.2) is 30.4 Å². The van der Waals surface area contributed by atoms with Crippen molar-refractivity contribution in [2.75, 3.05) is 13.2 Å². The first-order valence-electron chi connectivity index (χ1n) is 5.65. The number of nitrogens with one attached hydrogen (secondary N) is 1. The quantitative estimate of drug-likeness (QED) is 0.838. The van der Waals surface area contributed by atoms with E-state index in [0.29, 0.717) is 28.4 Å². The van der Waals surface area contributed by atoms with Crippen LogP contribution in [0.25, 0.3) is 0 Å². The van der Waals surface area contributed by atoms with Gasteiger partial charge in [0.1, 0.15) is 12.7 Å². The van der Waals surface area contributed by atoms with Gasteiger partial charge in [-0.25, -0.2) is 0 Å². The summed E-state index contributed by atoms with van der Waals surface area (Å²) in [5.74, 6) is 0.432. The molecule has 2 rings (SSSR count). The molecule has 0 bridgehead atoms. The number of para-hydroxylation sites is 1. The third-order valence-corrected chi connectivity index (χ3v) is 3.15. The van der Waals surface area contributed by atoms with Crippen molar-refractivity contribution in [2.24, 2.45) is 0 Å². The average molecular weight is 276 g/mol. The molecule has 1 aliphatic carbocycles. The van der Waals surface area contributed by atoms with Crippen molar-refractivity contribution < 1.29 is 9.84 Å². The molecule has 0 amide bonds. The maximum Gasteiger partial charge on any atom is 0.156 e. The lowest BCUT2D eigenvalue weighted by Crippen LogP contribution is -2.32. The molecule has 1 atom stereocenters. The second-order valence-corrected chi connectivity index (χ2v) is 5.01. The van der Waals surface area contributed by atoms with Gasteiger partial charge in [-0.05, 0) is 25.0 Å². The minimum absolute atomic E-state index is 0.184. The van der Waals surface area contributed by atoms with Crippen LogP contribution in [0.5, 0.6) is 5.75 Å². The van der Waals surface area contributed by atoms with E-state index >= 15 is 0 Å². The number of ether oxygens (including phenoxy) is 1. The lowest BCUT2D eigenvalue weighted by atomic mass is 10.3. The fourth-order valence-electron chi connectivity index (χ4n) is 1.45. The van der Waals surface area contributed by atoms with Gasteiger partial charge in [0.25, 0.3) is 0 Å². The van der Waals surface area contributed by atoms with Crippen molar-refractivity contribution in [1.82, 2.24) is 5.32 Å². The van der Waals surface area contributed by atoms with Crippen molar-refractivity contribution in [3.05, 3.63) is 28.2 Å². The van der Waals surface area contributed by atoms with Crippen LogP contribution in [0, 0.1) is 0 Å². The molecule has 0 spiro atoms. The van der Waals surface area contributed by atoms with E-state index in [1.165, 1.54) is 12.8 Å². The van der Waals surface area contributed by atoms with E-state index in [9.17, 15) is 5.11 Å². The van der Waals surface area contributed by atoms with Crippen LogP contribution in [0.15, 0.2) is 18.2 Å². The molecule has 2 N–H and O–H groups in total. The third kappa shape index (κ3) is 4.03. The molecule has 0 aromatic heterocycles. The van der Waals surface area contributed by atoms with Crippen molar-refractivity contribution in [2.45, 2.75) is 25.0 Å². The molecule has 94 valence electrons. The molecule has 0 heterocycles. The summed E-state index contributed by atoms with van der Waals surface area (Å²) < 4.78 is 5.43. The fraction of sp³-hybridized carbons (Fsp3) is 0.500. The zero-order valence-electron chi connectivity index (χ0n) is 9.33. The molecule has 1 saturated carbocycles. The summed E-state index contributed by atoms with van der Waals surface area (Å²) >= 11 is 11.9. The second-order valence-electron chi connectivity index (χ2n) is 4.20. The number of aliphatic hydroxyl groups excluding tert-OH is 1. The zero-order valence-corrected chi connectivity index (χ0v) is 10.8. The Kier molecular flexibility index (Phi) is 4.51. The predicted octanol–water partition coefficient (Wildman–Crippen LogP) is 2.49. The molecule has 0 saturated heterocycles. The van der Waals surface area contributed by atoms with Crippen molar-refractivity contribution in [3.63, 3.8) is 0 Å². The maximum absolute atomic E-state index is 9.70. The average Bonchev–Trinajstić information content (AvgIpc) is 3.09. The Morgan fingerprint density at radius 2 is 2.00 bits per heavy atom. The number of benzene rings is 1. The van der Waals surface area contributed by atoms with Crippen LogP contribution in [-0.2, 0) is 0 Å². The number of hydrogen-bond acceptors (Lipinski definition) is 3. The highest BCUT2D eigenvalue weighted by Crippen LogP contribution is 2.32. The highest BCUT2D eigenvalue weighted by atomic mass is 35.5. The van der Waals surface area contributed by atoms with Crippen LogP contribution < -0.4 is 10.1 Å². The standard InChI is InChI=1S/C12H15Cl2NO2/c13-10-2-1-3-11(14)12(10)17-7-9(16)6-15-8-4-5-8/h1-3,8-9,15-16H,4-7H2. The summed E-state index contributed by atoms with van der Waals surface area (Å²) in [7, 11) is 0. The smallest absolute Gasteiger partial charge is 0.156 e. The monoisotopic (exact) mass is 275 g/mol. The van der Waals surface area contributed by atoms with Crippen molar-refractivity contribution in [3.8, 4) is 5.75 Å². The maximum atomic E-state index is 9.70. The van der Waals surface area contributed by atoms with Crippen LogP contribution >= 0.6 is 23.2 Å². The molecule has 1 aliphatic rings. The summed E-state index contributed by atoms with van der Waals surface area (Å²) in [6.07, 6.45) is 1.84.